The number of fused-ring (bicyclic) bond motifs is 1. The van der Waals surface area contributed by atoms with E-state index < -0.39 is 0 Å². The van der Waals surface area contributed by atoms with Crippen LogP contribution in [0, 0.1) is 13.8 Å². The number of carbonyl (C=O) groups is 1. The van der Waals surface area contributed by atoms with E-state index in [0.29, 0.717) is 29.7 Å². The number of nitrogens with zero attached hydrogens (tertiary/aromatic N) is 3. The molecule has 4 aromatic rings. The largest absolute Gasteiger partial charge is 0.329 e. The Morgan fingerprint density at radius 2 is 1.68 bits per heavy atom. The Labute approximate surface area is 225 Å². The quantitative estimate of drug-likeness (QED) is 0.169. The van der Waals surface area contributed by atoms with Gasteiger partial charge in [-0.25, -0.2) is 4.98 Å². The summed E-state index contributed by atoms with van der Waals surface area (Å²) in [5.74, 6) is 0.517. The molecule has 1 heterocycles. The van der Waals surface area contributed by atoms with Crippen molar-refractivity contribution in [1.29, 1.82) is 0 Å². The van der Waals surface area contributed by atoms with Crippen molar-refractivity contribution in [2.45, 2.75) is 59.4 Å². The maximum Gasteiger partial charge on any atom is 0.266 e. The number of hydrogen-bond donors (Lipinski definition) is 0. The Kier molecular flexibility index (Phi) is 8.90. The summed E-state index contributed by atoms with van der Waals surface area (Å²) in [5.41, 5.74) is 4.53. The molecule has 1 amide bonds. The Hall–Kier alpha value is -3.99. The van der Waals surface area contributed by atoms with Crippen LogP contribution in [0.4, 0.5) is 0 Å². The number of rotatable bonds is 10. The first-order chi connectivity index (χ1) is 18.4. The van der Waals surface area contributed by atoms with E-state index in [4.69, 9.17) is 4.98 Å². The van der Waals surface area contributed by atoms with E-state index in [-0.39, 0.29) is 17.5 Å². The fourth-order valence-corrected chi connectivity index (χ4v) is 4.81. The molecule has 0 radical (unpaired) electrons. The van der Waals surface area contributed by atoms with Crippen molar-refractivity contribution >= 4 is 22.9 Å². The Morgan fingerprint density at radius 3 is 2.39 bits per heavy atom. The van der Waals surface area contributed by atoms with E-state index in [2.05, 4.69) is 20.8 Å². The van der Waals surface area contributed by atoms with Gasteiger partial charge in [-0.15, -0.1) is 0 Å². The SMILES string of the molecule is CCCCCN(C(=O)C=Cc1ccccc1)C(CC)c1nc2ccccc2c(=O)n1-c1ccc(C)c(C)c1. The van der Waals surface area contributed by atoms with E-state index >= 15 is 0 Å². The molecule has 5 nitrogen and oxygen atoms in total. The lowest BCUT2D eigenvalue weighted by molar-refractivity contribution is -0.128. The summed E-state index contributed by atoms with van der Waals surface area (Å²) in [4.78, 5) is 34.6. The second kappa shape index (κ2) is 12.5. The van der Waals surface area contributed by atoms with Gasteiger partial charge in [-0.1, -0.05) is 75.2 Å². The molecule has 1 unspecified atom stereocenters. The van der Waals surface area contributed by atoms with E-state index in [1.807, 2.05) is 90.7 Å². The van der Waals surface area contributed by atoms with Crippen LogP contribution in [0.15, 0.2) is 83.7 Å². The summed E-state index contributed by atoms with van der Waals surface area (Å²) in [6.07, 6.45) is 7.10. The molecular weight excluding hydrogens is 470 g/mol. The zero-order valence-corrected chi connectivity index (χ0v) is 22.9. The lowest BCUT2D eigenvalue weighted by Gasteiger charge is -2.32. The molecule has 1 atom stereocenters. The Morgan fingerprint density at radius 1 is 0.947 bits per heavy atom. The number of aromatic nitrogens is 2. The zero-order chi connectivity index (χ0) is 27.1. The molecular formula is C33H37N3O2. The molecule has 0 aliphatic carbocycles. The third kappa shape index (κ3) is 5.94. The highest BCUT2D eigenvalue weighted by molar-refractivity contribution is 5.92. The first-order valence-electron chi connectivity index (χ1n) is 13.6. The fraction of sp³-hybridized carbons (Fsp3) is 0.303. The smallest absolute Gasteiger partial charge is 0.266 e. The van der Waals surface area contributed by atoms with Gasteiger partial charge in [0, 0.05) is 12.6 Å². The molecule has 4 rings (SSSR count). The summed E-state index contributed by atoms with van der Waals surface area (Å²) in [7, 11) is 0. The molecule has 0 aliphatic heterocycles. The van der Waals surface area contributed by atoms with Gasteiger partial charge in [0.1, 0.15) is 5.82 Å². The van der Waals surface area contributed by atoms with Gasteiger partial charge < -0.3 is 4.90 Å². The predicted molar refractivity (Wildman–Crippen MR) is 157 cm³/mol. The molecule has 196 valence electrons. The highest BCUT2D eigenvalue weighted by atomic mass is 16.2. The van der Waals surface area contributed by atoms with Crippen molar-refractivity contribution in [3.8, 4) is 5.69 Å². The van der Waals surface area contributed by atoms with Crippen LogP contribution in [-0.2, 0) is 4.79 Å². The third-order valence-corrected chi connectivity index (χ3v) is 7.11. The summed E-state index contributed by atoms with van der Waals surface area (Å²) in [6.45, 7) is 8.91. The molecule has 0 fully saturated rings. The van der Waals surface area contributed by atoms with Crippen molar-refractivity contribution in [3.63, 3.8) is 0 Å². The Balaban J connectivity index is 1.87. The van der Waals surface area contributed by atoms with E-state index in [0.717, 1.165) is 41.6 Å². The topological polar surface area (TPSA) is 55.2 Å². The highest BCUT2D eigenvalue weighted by Crippen LogP contribution is 2.27. The molecule has 5 heteroatoms. The molecule has 0 N–H and O–H groups in total. The number of hydrogen-bond acceptors (Lipinski definition) is 3. The first-order valence-corrected chi connectivity index (χ1v) is 13.6. The number of amides is 1. The second-order valence-electron chi connectivity index (χ2n) is 9.80. The van der Waals surface area contributed by atoms with Gasteiger partial charge in [-0.2, -0.15) is 0 Å². The highest BCUT2D eigenvalue weighted by Gasteiger charge is 2.28. The molecule has 0 saturated carbocycles. The average molecular weight is 508 g/mol. The molecule has 1 aromatic heterocycles. The van der Waals surface area contributed by atoms with Crippen molar-refractivity contribution in [2.75, 3.05) is 6.54 Å². The van der Waals surface area contributed by atoms with Crippen LogP contribution in [0.5, 0.6) is 0 Å². The maximum absolute atomic E-state index is 13.9. The molecule has 0 aliphatic rings. The zero-order valence-electron chi connectivity index (χ0n) is 22.9. The lowest BCUT2D eigenvalue weighted by Crippen LogP contribution is -2.38. The second-order valence-corrected chi connectivity index (χ2v) is 9.80. The van der Waals surface area contributed by atoms with Gasteiger partial charge in [-0.05, 0) is 73.7 Å². The number of benzene rings is 3. The Bertz CT molecular complexity index is 1490. The van der Waals surface area contributed by atoms with Crippen LogP contribution >= 0.6 is 0 Å². The summed E-state index contributed by atoms with van der Waals surface area (Å²) in [6, 6.07) is 22.9. The number of aryl methyl sites for hydroxylation is 2. The van der Waals surface area contributed by atoms with Crippen LogP contribution < -0.4 is 5.56 Å². The van der Waals surface area contributed by atoms with Crippen LogP contribution in [0.2, 0.25) is 0 Å². The van der Waals surface area contributed by atoms with Crippen LogP contribution in [0.3, 0.4) is 0 Å². The third-order valence-electron chi connectivity index (χ3n) is 7.11. The van der Waals surface area contributed by atoms with E-state index in [1.54, 1.807) is 10.6 Å². The minimum absolute atomic E-state index is 0.0779. The van der Waals surface area contributed by atoms with Gasteiger partial charge in [0.2, 0.25) is 5.91 Å². The molecule has 0 bridgehead atoms. The number of carbonyl (C=O) groups excluding carboxylic acids is 1. The summed E-state index contributed by atoms with van der Waals surface area (Å²) < 4.78 is 1.71. The average Bonchev–Trinajstić information content (AvgIpc) is 2.94. The van der Waals surface area contributed by atoms with Crippen molar-refractivity contribution in [1.82, 2.24) is 14.5 Å². The van der Waals surface area contributed by atoms with Gasteiger partial charge in [0.25, 0.3) is 5.56 Å². The lowest BCUT2D eigenvalue weighted by atomic mass is 10.1. The maximum atomic E-state index is 13.9. The van der Waals surface area contributed by atoms with Gasteiger partial charge >= 0.3 is 0 Å². The summed E-state index contributed by atoms with van der Waals surface area (Å²) >= 11 is 0. The first kappa shape index (κ1) is 27.1. The van der Waals surface area contributed by atoms with Crippen LogP contribution in [0.25, 0.3) is 22.7 Å². The fourth-order valence-electron chi connectivity index (χ4n) is 4.81. The van der Waals surface area contributed by atoms with E-state index in [1.165, 1.54) is 0 Å². The van der Waals surface area contributed by atoms with Gasteiger partial charge in [0.15, 0.2) is 0 Å². The van der Waals surface area contributed by atoms with Crippen LogP contribution in [0.1, 0.15) is 68.1 Å². The number of para-hydroxylation sites is 1. The minimum Gasteiger partial charge on any atom is -0.329 e. The standard InChI is InChI=1S/C33H37N3O2/c1-5-7-13-22-35(31(37)21-19-26-14-9-8-10-15-26)30(6-2)32-34-29-17-12-11-16-28(29)33(38)36(32)27-20-18-24(3)25(4)23-27/h8-12,14-21,23,30H,5-7,13,22H2,1-4H3. The predicted octanol–water partition coefficient (Wildman–Crippen LogP) is 7.19. The van der Waals surface area contributed by atoms with Crippen molar-refractivity contribution < 1.29 is 4.79 Å². The van der Waals surface area contributed by atoms with Gasteiger partial charge in [0.05, 0.1) is 22.6 Å². The number of unbranched alkanes of at least 4 members (excludes halogenated alkanes) is 2. The normalized spacial score (nSPS) is 12.2. The minimum atomic E-state index is -0.362. The van der Waals surface area contributed by atoms with E-state index in [9.17, 15) is 9.59 Å². The monoisotopic (exact) mass is 507 g/mol. The molecule has 0 spiro atoms. The van der Waals surface area contributed by atoms with Crippen molar-refractivity contribution in [3.05, 3.63) is 112 Å². The molecule has 38 heavy (non-hydrogen) atoms. The van der Waals surface area contributed by atoms with Crippen molar-refractivity contribution in [2.24, 2.45) is 0 Å². The molecule has 0 saturated heterocycles. The molecule has 3 aromatic carbocycles. The van der Waals surface area contributed by atoms with Gasteiger partial charge in [-0.3, -0.25) is 14.2 Å². The summed E-state index contributed by atoms with van der Waals surface area (Å²) in [5, 5.41) is 0.567. The van der Waals surface area contributed by atoms with Crippen LogP contribution in [-0.4, -0.2) is 26.9 Å².